The molecule has 0 radical (unpaired) electrons. The lowest BCUT2D eigenvalue weighted by Gasteiger charge is -2.03. The number of aromatic nitrogens is 5. The minimum atomic E-state index is 0. The summed E-state index contributed by atoms with van der Waals surface area (Å²) in [5.74, 6) is 1.86. The minimum Gasteiger partial charge on any atom is -0.329 e. The van der Waals surface area contributed by atoms with Crippen LogP contribution in [0.15, 0.2) is 61.4 Å². The molecular weight excluding hydrogens is 310 g/mol. The van der Waals surface area contributed by atoms with Gasteiger partial charge in [0.25, 0.3) is 0 Å². The van der Waals surface area contributed by atoms with Crippen LogP contribution in [0.4, 0.5) is 0 Å². The average Bonchev–Trinajstić information content (AvgIpc) is 3.17. The highest BCUT2D eigenvalue weighted by Crippen LogP contribution is 2.16. The normalized spacial score (nSPS) is 10.7. The summed E-state index contributed by atoms with van der Waals surface area (Å²) in [5.41, 5.74) is 0.982. The molecule has 1 aromatic carbocycles. The van der Waals surface area contributed by atoms with Crippen LogP contribution in [0.3, 0.4) is 0 Å². The minimum absolute atomic E-state index is 0. The Morgan fingerprint density at radius 2 is 1.87 bits per heavy atom. The summed E-state index contributed by atoms with van der Waals surface area (Å²) in [6.07, 6.45) is 9.47. The lowest BCUT2D eigenvalue weighted by atomic mass is 10.2. The van der Waals surface area contributed by atoms with Crippen molar-refractivity contribution in [1.82, 2.24) is 24.1 Å². The van der Waals surface area contributed by atoms with Gasteiger partial charge in [-0.2, -0.15) is 0 Å². The standard InChI is InChI=1S/C17H15N5.ClH/c1-13-18-6-7-21(13)10-16-11-22(12-20-16)17-8-14-4-2-3-5-15(14)9-19-17;/h2-9,11-12H,10H2,1H3;1H. The highest BCUT2D eigenvalue weighted by Gasteiger charge is 2.05. The van der Waals surface area contributed by atoms with Crippen LogP contribution < -0.4 is 0 Å². The van der Waals surface area contributed by atoms with Crippen molar-refractivity contribution in [2.75, 3.05) is 0 Å². The van der Waals surface area contributed by atoms with Crippen molar-refractivity contribution in [3.63, 3.8) is 0 Å². The van der Waals surface area contributed by atoms with Gasteiger partial charge in [-0.05, 0) is 18.4 Å². The van der Waals surface area contributed by atoms with Crippen LogP contribution in [-0.2, 0) is 6.54 Å². The number of imidazole rings is 2. The van der Waals surface area contributed by atoms with Crippen LogP contribution in [0.2, 0.25) is 0 Å². The first-order valence-electron chi connectivity index (χ1n) is 7.15. The van der Waals surface area contributed by atoms with Crippen molar-refractivity contribution in [2.45, 2.75) is 13.5 Å². The number of hydrogen-bond acceptors (Lipinski definition) is 3. The van der Waals surface area contributed by atoms with Gasteiger partial charge in [-0.25, -0.2) is 15.0 Å². The Labute approximate surface area is 140 Å². The van der Waals surface area contributed by atoms with E-state index in [1.54, 1.807) is 12.5 Å². The molecule has 0 atom stereocenters. The highest BCUT2D eigenvalue weighted by atomic mass is 35.5. The summed E-state index contributed by atoms with van der Waals surface area (Å²) in [6, 6.07) is 10.3. The van der Waals surface area contributed by atoms with E-state index in [-0.39, 0.29) is 12.4 Å². The lowest BCUT2D eigenvalue weighted by molar-refractivity contribution is 0.745. The SMILES string of the molecule is Cc1nccn1Cc1cn(-c2cc3ccccc3cn2)cn1.Cl. The Morgan fingerprint density at radius 3 is 2.65 bits per heavy atom. The Bertz CT molecular complexity index is 941. The second-order valence-corrected chi connectivity index (χ2v) is 5.26. The first-order chi connectivity index (χ1) is 10.8. The van der Waals surface area contributed by atoms with Gasteiger partial charge in [0, 0.05) is 30.2 Å². The van der Waals surface area contributed by atoms with Gasteiger partial charge in [-0.1, -0.05) is 24.3 Å². The topological polar surface area (TPSA) is 48.5 Å². The lowest BCUT2D eigenvalue weighted by Crippen LogP contribution is -2.01. The number of pyridine rings is 1. The quantitative estimate of drug-likeness (QED) is 0.580. The average molecular weight is 326 g/mol. The fourth-order valence-corrected chi connectivity index (χ4v) is 2.53. The molecule has 0 aliphatic rings. The molecule has 0 bridgehead atoms. The zero-order valence-electron chi connectivity index (χ0n) is 12.6. The van der Waals surface area contributed by atoms with E-state index in [9.17, 15) is 0 Å². The highest BCUT2D eigenvalue weighted by molar-refractivity contribution is 5.85. The van der Waals surface area contributed by atoms with Crippen molar-refractivity contribution < 1.29 is 0 Å². The summed E-state index contributed by atoms with van der Waals surface area (Å²) in [6.45, 7) is 2.70. The molecule has 3 heterocycles. The number of aryl methyl sites for hydroxylation is 1. The third-order valence-electron chi connectivity index (χ3n) is 3.77. The maximum atomic E-state index is 4.51. The Kier molecular flexibility index (Phi) is 4.12. The second kappa shape index (κ2) is 6.22. The van der Waals surface area contributed by atoms with Crippen molar-refractivity contribution in [2.24, 2.45) is 0 Å². The molecule has 6 heteroatoms. The third-order valence-corrected chi connectivity index (χ3v) is 3.77. The van der Waals surface area contributed by atoms with E-state index in [4.69, 9.17) is 0 Å². The van der Waals surface area contributed by atoms with Gasteiger partial charge >= 0.3 is 0 Å². The van der Waals surface area contributed by atoms with Gasteiger partial charge in [-0.15, -0.1) is 12.4 Å². The van der Waals surface area contributed by atoms with Crippen LogP contribution in [0, 0.1) is 6.92 Å². The number of rotatable bonds is 3. The molecule has 0 N–H and O–H groups in total. The molecule has 3 aromatic heterocycles. The number of benzene rings is 1. The zero-order valence-corrected chi connectivity index (χ0v) is 13.4. The number of hydrogen-bond donors (Lipinski definition) is 0. The van der Waals surface area contributed by atoms with Gasteiger partial charge < -0.3 is 4.57 Å². The molecular formula is C17H16ClN5. The van der Waals surface area contributed by atoms with E-state index in [1.165, 1.54) is 5.39 Å². The number of halogens is 1. The molecule has 0 fully saturated rings. The molecule has 0 amide bonds. The van der Waals surface area contributed by atoms with Crippen molar-refractivity contribution in [1.29, 1.82) is 0 Å². The number of fused-ring (bicyclic) bond motifs is 1. The van der Waals surface area contributed by atoms with E-state index < -0.39 is 0 Å². The maximum absolute atomic E-state index is 4.51. The van der Waals surface area contributed by atoms with Gasteiger partial charge in [0.1, 0.15) is 18.0 Å². The van der Waals surface area contributed by atoms with Crippen LogP contribution in [0.25, 0.3) is 16.6 Å². The van der Waals surface area contributed by atoms with Gasteiger partial charge in [-0.3, -0.25) is 4.57 Å². The number of nitrogens with zero attached hydrogens (tertiary/aromatic N) is 5. The first-order valence-corrected chi connectivity index (χ1v) is 7.15. The molecule has 23 heavy (non-hydrogen) atoms. The van der Waals surface area contributed by atoms with Gasteiger partial charge in [0.15, 0.2) is 0 Å². The summed E-state index contributed by atoms with van der Waals surface area (Å²) < 4.78 is 4.02. The molecule has 4 aromatic rings. The summed E-state index contributed by atoms with van der Waals surface area (Å²) in [5, 5.41) is 2.31. The predicted octanol–water partition coefficient (Wildman–Crippen LogP) is 3.40. The van der Waals surface area contributed by atoms with Crippen molar-refractivity contribution in [3.8, 4) is 5.82 Å². The summed E-state index contributed by atoms with van der Waals surface area (Å²) in [7, 11) is 0. The van der Waals surface area contributed by atoms with Crippen LogP contribution in [0.1, 0.15) is 11.5 Å². The van der Waals surface area contributed by atoms with Crippen LogP contribution >= 0.6 is 12.4 Å². The van der Waals surface area contributed by atoms with Crippen LogP contribution in [0.5, 0.6) is 0 Å². The van der Waals surface area contributed by atoms with Crippen LogP contribution in [-0.4, -0.2) is 24.1 Å². The Balaban J connectivity index is 0.00000156. The smallest absolute Gasteiger partial charge is 0.138 e. The van der Waals surface area contributed by atoms with Gasteiger partial charge in [0.05, 0.1) is 12.2 Å². The van der Waals surface area contributed by atoms with E-state index in [0.717, 1.165) is 22.7 Å². The van der Waals surface area contributed by atoms with Crippen molar-refractivity contribution in [3.05, 3.63) is 73.0 Å². The largest absolute Gasteiger partial charge is 0.329 e. The molecule has 0 saturated heterocycles. The molecule has 0 unspecified atom stereocenters. The fraction of sp³-hybridized carbons (Fsp3) is 0.118. The Morgan fingerprint density at radius 1 is 1.04 bits per heavy atom. The van der Waals surface area contributed by atoms with E-state index >= 15 is 0 Å². The van der Waals surface area contributed by atoms with Gasteiger partial charge in [0.2, 0.25) is 0 Å². The molecule has 5 nitrogen and oxygen atoms in total. The summed E-state index contributed by atoms with van der Waals surface area (Å²) in [4.78, 5) is 13.2. The maximum Gasteiger partial charge on any atom is 0.138 e. The van der Waals surface area contributed by atoms with E-state index in [1.807, 2.05) is 42.2 Å². The molecule has 0 aliphatic heterocycles. The van der Waals surface area contributed by atoms with E-state index in [2.05, 4.69) is 37.7 Å². The molecule has 0 aliphatic carbocycles. The zero-order chi connectivity index (χ0) is 14.9. The first kappa shape index (κ1) is 15.2. The fourth-order valence-electron chi connectivity index (χ4n) is 2.53. The molecule has 0 spiro atoms. The second-order valence-electron chi connectivity index (χ2n) is 5.26. The summed E-state index contributed by atoms with van der Waals surface area (Å²) >= 11 is 0. The Hall–Kier alpha value is -2.66. The molecule has 0 saturated carbocycles. The van der Waals surface area contributed by atoms with E-state index in [0.29, 0.717) is 6.54 Å². The third kappa shape index (κ3) is 2.96. The molecule has 4 rings (SSSR count). The predicted molar refractivity (Wildman–Crippen MR) is 92.2 cm³/mol. The monoisotopic (exact) mass is 325 g/mol. The molecule has 116 valence electrons. The van der Waals surface area contributed by atoms with Crippen molar-refractivity contribution >= 4 is 23.2 Å².